The van der Waals surface area contributed by atoms with E-state index in [4.69, 9.17) is 30.6 Å². The van der Waals surface area contributed by atoms with E-state index in [1.165, 1.54) is 0 Å². The van der Waals surface area contributed by atoms with E-state index in [9.17, 15) is 28.8 Å². The summed E-state index contributed by atoms with van der Waals surface area (Å²) in [4.78, 5) is 59.4. The SMILES string of the molecule is O=C(O)CCCCC(=O)O.O=C(O)CCCCC(=O)O.O=C(O)CCCCC(=O)O.[Tm].[Tm]. The summed E-state index contributed by atoms with van der Waals surface area (Å²) in [6, 6.07) is 0. The molecule has 0 aromatic carbocycles. The van der Waals surface area contributed by atoms with Crippen molar-refractivity contribution in [3.63, 3.8) is 0 Å². The zero-order valence-electron chi connectivity index (χ0n) is 17.2. The van der Waals surface area contributed by atoms with Crippen molar-refractivity contribution < 1.29 is 133 Å². The summed E-state index contributed by atoms with van der Waals surface area (Å²) >= 11 is 0. The summed E-state index contributed by atoms with van der Waals surface area (Å²) in [6.07, 6.45) is 3.05. The fraction of sp³-hybridized carbons (Fsp3) is 0.667. The first-order chi connectivity index (χ1) is 13.9. The van der Waals surface area contributed by atoms with E-state index in [-0.39, 0.29) is 112 Å². The second-order valence-electron chi connectivity index (χ2n) is 5.98. The summed E-state index contributed by atoms with van der Waals surface area (Å²) < 4.78 is 0. The van der Waals surface area contributed by atoms with Gasteiger partial charge in [0.15, 0.2) is 0 Å². The Morgan fingerprint density at radius 3 is 0.469 bits per heavy atom. The molecule has 0 fully saturated rings. The third-order valence-electron chi connectivity index (χ3n) is 3.09. The van der Waals surface area contributed by atoms with Crippen LogP contribution >= 0.6 is 0 Å². The fourth-order valence-corrected chi connectivity index (χ4v) is 1.66. The molecule has 0 saturated carbocycles. The third kappa shape index (κ3) is 56.9. The molecule has 0 spiro atoms. The molecule has 32 heavy (non-hydrogen) atoms. The maximum absolute atomic E-state index is 9.90. The molecule has 0 aromatic rings. The standard InChI is InChI=1S/3C6H10O4.2Tm/c3*7-5(8)3-1-2-4-6(9)10;;/h3*1-4H2,(H,7,8)(H,9,10);;. The third-order valence-corrected chi connectivity index (χ3v) is 3.09. The Bertz CT molecular complexity index is 428. The van der Waals surface area contributed by atoms with Crippen LogP contribution < -0.4 is 0 Å². The molecule has 0 heterocycles. The molecule has 0 saturated heterocycles. The fourth-order valence-electron chi connectivity index (χ4n) is 1.66. The van der Waals surface area contributed by atoms with Gasteiger partial charge in [0.1, 0.15) is 0 Å². The Hall–Kier alpha value is -0.712. The van der Waals surface area contributed by atoms with Crippen molar-refractivity contribution in [2.75, 3.05) is 0 Å². The quantitative estimate of drug-likeness (QED) is 0.132. The van der Waals surface area contributed by atoms with Crippen LogP contribution in [0.3, 0.4) is 0 Å². The van der Waals surface area contributed by atoms with Gasteiger partial charge in [0.05, 0.1) is 0 Å². The molecular formula is C18H30O12Tm2. The van der Waals surface area contributed by atoms with Gasteiger partial charge in [-0.05, 0) is 38.5 Å². The second-order valence-corrected chi connectivity index (χ2v) is 5.98. The number of carboxylic acid groups (broad SMARTS) is 6. The second kappa shape index (κ2) is 30.3. The van der Waals surface area contributed by atoms with Crippen molar-refractivity contribution in [3.05, 3.63) is 0 Å². The van der Waals surface area contributed by atoms with Crippen molar-refractivity contribution in [1.82, 2.24) is 0 Å². The van der Waals surface area contributed by atoms with Gasteiger partial charge in [-0.1, -0.05) is 0 Å². The maximum Gasteiger partial charge on any atom is 0.303 e. The van der Waals surface area contributed by atoms with E-state index < -0.39 is 35.8 Å². The van der Waals surface area contributed by atoms with Crippen molar-refractivity contribution in [1.29, 1.82) is 0 Å². The monoisotopic (exact) mass is 776 g/mol. The molecule has 12 nitrogen and oxygen atoms in total. The smallest absolute Gasteiger partial charge is 0.303 e. The van der Waals surface area contributed by atoms with Crippen LogP contribution in [0.1, 0.15) is 77.0 Å². The van der Waals surface area contributed by atoms with E-state index in [0.29, 0.717) is 38.5 Å². The first kappa shape index (κ1) is 41.5. The largest absolute Gasteiger partial charge is 0.481 e. The van der Waals surface area contributed by atoms with Crippen LogP contribution in [0.15, 0.2) is 0 Å². The molecule has 0 bridgehead atoms. The molecule has 0 unspecified atom stereocenters. The first-order valence-electron chi connectivity index (χ1n) is 9.19. The van der Waals surface area contributed by atoms with Crippen LogP contribution in [0.25, 0.3) is 0 Å². The van der Waals surface area contributed by atoms with Crippen LogP contribution in [-0.2, 0) is 28.8 Å². The first-order valence-corrected chi connectivity index (χ1v) is 9.19. The molecule has 0 aliphatic heterocycles. The van der Waals surface area contributed by atoms with Gasteiger partial charge in [0.25, 0.3) is 0 Å². The minimum atomic E-state index is -0.870. The molecule has 0 amide bonds. The molecule has 0 rings (SSSR count). The molecular weight excluding hydrogens is 746 g/mol. The number of carboxylic acids is 6. The minimum Gasteiger partial charge on any atom is -0.481 e. The molecule has 0 aromatic heterocycles. The number of hydrogen-bond donors (Lipinski definition) is 6. The number of aliphatic carboxylic acids is 6. The van der Waals surface area contributed by atoms with Gasteiger partial charge in [0.2, 0.25) is 0 Å². The number of hydrogen-bond acceptors (Lipinski definition) is 6. The molecule has 0 aliphatic carbocycles. The molecule has 14 heteroatoms. The molecule has 2 radical (unpaired) electrons. The Morgan fingerprint density at radius 1 is 0.312 bits per heavy atom. The van der Waals surface area contributed by atoms with Gasteiger partial charge >= 0.3 is 35.8 Å². The van der Waals surface area contributed by atoms with Crippen molar-refractivity contribution >= 4 is 35.8 Å². The van der Waals surface area contributed by atoms with Gasteiger partial charge in [-0.25, -0.2) is 0 Å². The Balaban J connectivity index is -0.000000110. The summed E-state index contributed by atoms with van der Waals surface area (Å²) in [5.41, 5.74) is 0. The topological polar surface area (TPSA) is 224 Å². The number of carbonyl (C=O) groups is 6. The zero-order chi connectivity index (χ0) is 23.9. The average Bonchev–Trinajstić information content (AvgIpc) is 2.60. The Kier molecular flexibility index (Phi) is 39.3. The van der Waals surface area contributed by atoms with E-state index in [0.717, 1.165) is 0 Å². The van der Waals surface area contributed by atoms with Gasteiger partial charge in [-0.15, -0.1) is 0 Å². The number of unbranched alkanes of at least 4 members (excludes halogenated alkanes) is 3. The zero-order valence-corrected chi connectivity index (χ0v) is 20.7. The van der Waals surface area contributed by atoms with Gasteiger partial charge in [0, 0.05) is 112 Å². The van der Waals surface area contributed by atoms with Crippen molar-refractivity contribution in [2.45, 2.75) is 77.0 Å². The van der Waals surface area contributed by atoms with Gasteiger partial charge in [-0.3, -0.25) is 28.8 Å². The summed E-state index contributed by atoms with van der Waals surface area (Å²) in [5.74, 6) is -5.22. The van der Waals surface area contributed by atoms with Crippen LogP contribution in [0.2, 0.25) is 0 Å². The van der Waals surface area contributed by atoms with Crippen molar-refractivity contribution in [3.8, 4) is 0 Å². The van der Waals surface area contributed by atoms with Gasteiger partial charge < -0.3 is 30.6 Å². The molecule has 200 valence electrons. The predicted molar refractivity (Wildman–Crippen MR) is 101 cm³/mol. The van der Waals surface area contributed by atoms with Gasteiger partial charge in [-0.2, -0.15) is 0 Å². The summed E-state index contributed by atoms with van der Waals surface area (Å²) in [5, 5.41) is 48.8. The van der Waals surface area contributed by atoms with Crippen LogP contribution in [0.5, 0.6) is 0 Å². The predicted octanol–water partition coefficient (Wildman–Crippen LogP) is 2.15. The summed E-state index contributed by atoms with van der Waals surface area (Å²) in [6.45, 7) is 0. The van der Waals surface area contributed by atoms with E-state index in [1.807, 2.05) is 0 Å². The van der Waals surface area contributed by atoms with E-state index in [2.05, 4.69) is 0 Å². The van der Waals surface area contributed by atoms with Crippen LogP contribution in [0, 0.1) is 73.7 Å². The van der Waals surface area contributed by atoms with Crippen LogP contribution in [0.4, 0.5) is 0 Å². The van der Waals surface area contributed by atoms with Crippen molar-refractivity contribution in [2.24, 2.45) is 0 Å². The molecule has 0 aliphatic rings. The minimum absolute atomic E-state index is 0. The maximum atomic E-state index is 9.90. The van der Waals surface area contributed by atoms with Crippen LogP contribution in [-0.4, -0.2) is 66.5 Å². The van der Waals surface area contributed by atoms with E-state index >= 15 is 0 Å². The average molecular weight is 776 g/mol. The molecule has 6 N–H and O–H groups in total. The molecule has 0 atom stereocenters. The van der Waals surface area contributed by atoms with E-state index in [1.54, 1.807) is 0 Å². The Morgan fingerprint density at radius 2 is 0.406 bits per heavy atom. The Labute approximate surface area is 243 Å². The summed E-state index contributed by atoms with van der Waals surface area (Å²) in [7, 11) is 0. The number of rotatable bonds is 15. The normalized spacial score (nSPS) is 8.62.